The first kappa shape index (κ1) is 71.2. The van der Waals surface area contributed by atoms with E-state index < -0.39 is 78.1 Å². The number of carbonyl (C=O) groups excluding carboxylic acids is 10. The van der Waals surface area contributed by atoms with E-state index in [1.54, 1.807) is 44.7 Å². The zero-order valence-electron chi connectivity index (χ0n) is 52.7. The Morgan fingerprint density at radius 1 is 0.741 bits per heavy atom. The van der Waals surface area contributed by atoms with Gasteiger partial charge in [-0.2, -0.15) is 0 Å². The molecule has 0 saturated carbocycles. The lowest BCUT2D eigenvalue weighted by Gasteiger charge is -2.41. The summed E-state index contributed by atoms with van der Waals surface area (Å²) in [5.74, 6) is -6.08. The highest BCUT2D eigenvalue weighted by atomic mass is 16.7. The Balaban J connectivity index is 1.32. The third-order valence-corrected chi connectivity index (χ3v) is 16.8. The van der Waals surface area contributed by atoms with Gasteiger partial charge in [-0.3, -0.25) is 73.4 Å². The van der Waals surface area contributed by atoms with Crippen LogP contribution in [0.25, 0.3) is 0 Å². The molecule has 0 radical (unpaired) electrons. The maximum Gasteiger partial charge on any atom is 0.306 e. The fourth-order valence-corrected chi connectivity index (χ4v) is 11.5. The van der Waals surface area contributed by atoms with Crippen LogP contribution >= 0.6 is 0 Å². The number of hydrazine groups is 1. The van der Waals surface area contributed by atoms with Crippen molar-refractivity contribution in [2.24, 2.45) is 29.6 Å². The number of hydrogen-bond acceptors (Lipinski definition) is 15. The summed E-state index contributed by atoms with van der Waals surface area (Å²) in [4.78, 5) is 145. The van der Waals surface area contributed by atoms with E-state index in [0.717, 1.165) is 23.3 Å². The number of imide groups is 1. The van der Waals surface area contributed by atoms with Gasteiger partial charge in [0.05, 0.1) is 55.2 Å². The van der Waals surface area contributed by atoms with E-state index in [4.69, 9.17) is 19.0 Å². The molecule has 4 rings (SSSR count). The van der Waals surface area contributed by atoms with Crippen molar-refractivity contribution in [3.8, 4) is 0 Å². The summed E-state index contributed by atoms with van der Waals surface area (Å²) in [5.41, 5.74) is 5.63. The second kappa shape index (κ2) is 35.4. The number of hydrogen-bond donors (Lipinski definition) is 4. The van der Waals surface area contributed by atoms with Crippen LogP contribution in [-0.4, -0.2) is 193 Å². The van der Waals surface area contributed by atoms with E-state index in [2.05, 4.69) is 21.5 Å². The zero-order chi connectivity index (χ0) is 63.1. The molecule has 4 N–H and O–H groups in total. The van der Waals surface area contributed by atoms with Crippen molar-refractivity contribution in [3.63, 3.8) is 0 Å². The molecule has 11 atom stereocenters. The maximum absolute atomic E-state index is 14.8. The first-order valence-electron chi connectivity index (χ1n) is 30.6. The smallest absolute Gasteiger partial charge is 0.306 e. The largest absolute Gasteiger partial charge is 0.462 e. The first-order valence-corrected chi connectivity index (χ1v) is 30.6. The molecule has 0 bridgehead atoms. The predicted octanol–water partition coefficient (Wildman–Crippen LogP) is 4.27. The topological polar surface area (TPSA) is 272 Å². The summed E-state index contributed by atoms with van der Waals surface area (Å²) < 4.78 is 17.8. The van der Waals surface area contributed by atoms with Crippen molar-refractivity contribution in [2.75, 3.05) is 61.1 Å². The molecule has 85 heavy (non-hydrogen) atoms. The molecular formula is C62H99N9O14. The van der Waals surface area contributed by atoms with Crippen molar-refractivity contribution in [1.82, 2.24) is 46.1 Å². The molecule has 476 valence electrons. The summed E-state index contributed by atoms with van der Waals surface area (Å²) in [7, 11) is 6.50. The highest BCUT2D eigenvalue weighted by Crippen LogP contribution is 2.30. The number of benzene rings is 1. The minimum absolute atomic E-state index is 0.00279. The number of esters is 1. The van der Waals surface area contributed by atoms with E-state index >= 15 is 0 Å². The van der Waals surface area contributed by atoms with Crippen LogP contribution in [0.4, 0.5) is 0 Å². The molecule has 0 unspecified atom stereocenters. The van der Waals surface area contributed by atoms with Crippen LogP contribution in [0.15, 0.2) is 42.5 Å². The second-order valence-corrected chi connectivity index (χ2v) is 23.8. The van der Waals surface area contributed by atoms with Gasteiger partial charge in [0.2, 0.25) is 35.4 Å². The third kappa shape index (κ3) is 21.0. The van der Waals surface area contributed by atoms with Crippen LogP contribution in [0, 0.1) is 29.6 Å². The van der Waals surface area contributed by atoms with Gasteiger partial charge < -0.3 is 34.6 Å². The second-order valence-electron chi connectivity index (χ2n) is 23.8. The molecule has 1 aromatic carbocycles. The fourth-order valence-electron chi connectivity index (χ4n) is 11.5. The molecule has 23 heteroatoms. The molecule has 0 aromatic heterocycles. The van der Waals surface area contributed by atoms with Crippen molar-refractivity contribution >= 4 is 59.1 Å². The van der Waals surface area contributed by atoms with E-state index in [1.807, 2.05) is 76.8 Å². The number of carbonyl (C=O) groups is 10. The zero-order valence-corrected chi connectivity index (χ0v) is 52.7. The predicted molar refractivity (Wildman–Crippen MR) is 318 cm³/mol. The van der Waals surface area contributed by atoms with E-state index in [1.165, 1.54) is 31.4 Å². The van der Waals surface area contributed by atoms with Crippen molar-refractivity contribution in [3.05, 3.63) is 48.0 Å². The number of amides is 9. The number of likely N-dealkylation sites (tertiary alicyclic amines) is 1. The Morgan fingerprint density at radius 2 is 1.42 bits per heavy atom. The SMILES string of the molecule is CC[C@H](C)[C@@H]([C@@H](CC(=O)N1CCC[C@H]1[C@H](OC)[C@@H](C)C(=O)N[C@@H](Cc1ccccc1)C(=O)N1CCCCO1)OC)N(C)C(=O)[C@@H](NC(=O)[C@H](C(C)C)N(C)CCCC(=O)O[C@H](C)[C@H](C)C(=O)NNC(=O)CCCCCN1C(=O)C=CC1=O)C(C)C. The number of unbranched alkanes of at least 4 members (excludes halogenated alkanes) is 2. The van der Waals surface area contributed by atoms with Crippen LogP contribution in [0.2, 0.25) is 0 Å². The highest BCUT2D eigenvalue weighted by molar-refractivity contribution is 6.12. The molecular weight excluding hydrogens is 1090 g/mol. The number of likely N-dealkylation sites (N-methyl/N-ethyl adjacent to an activating group) is 2. The number of ether oxygens (including phenoxy) is 3. The Labute approximate surface area is 503 Å². The van der Waals surface area contributed by atoms with Crippen molar-refractivity contribution in [1.29, 1.82) is 0 Å². The van der Waals surface area contributed by atoms with Gasteiger partial charge in [-0.1, -0.05) is 91.6 Å². The lowest BCUT2D eigenvalue weighted by molar-refractivity contribution is -0.199. The Kier molecular flexibility index (Phi) is 29.6. The lowest BCUT2D eigenvalue weighted by Crippen LogP contribution is -2.60. The van der Waals surface area contributed by atoms with Gasteiger partial charge in [0.25, 0.3) is 17.7 Å². The molecule has 3 heterocycles. The highest BCUT2D eigenvalue weighted by Gasteiger charge is 2.44. The fraction of sp³-hybridized carbons (Fsp3) is 0.710. The van der Waals surface area contributed by atoms with E-state index in [0.29, 0.717) is 71.2 Å². The minimum atomic E-state index is -0.945. The molecule has 2 fully saturated rings. The van der Waals surface area contributed by atoms with Crippen LogP contribution < -0.4 is 21.5 Å². The van der Waals surface area contributed by atoms with Gasteiger partial charge in [-0.05, 0) is 95.7 Å². The summed E-state index contributed by atoms with van der Waals surface area (Å²) in [5, 5.41) is 7.40. The Bertz CT molecular complexity index is 2400. The molecule has 3 aliphatic rings. The summed E-state index contributed by atoms with van der Waals surface area (Å²) in [6.45, 7) is 18.3. The van der Waals surface area contributed by atoms with E-state index in [-0.39, 0.29) is 91.3 Å². The number of nitrogens with one attached hydrogen (secondary N) is 4. The molecule has 2 saturated heterocycles. The molecule has 0 aliphatic carbocycles. The lowest BCUT2D eigenvalue weighted by atomic mass is 9.89. The van der Waals surface area contributed by atoms with Gasteiger partial charge in [0.1, 0.15) is 18.2 Å². The van der Waals surface area contributed by atoms with Crippen LogP contribution in [-0.2, 0) is 73.4 Å². The van der Waals surface area contributed by atoms with Crippen LogP contribution in [0.1, 0.15) is 145 Å². The molecule has 0 spiro atoms. The number of hydroxylamine groups is 2. The number of methoxy groups -OCH3 is 2. The van der Waals surface area contributed by atoms with Gasteiger partial charge in [0.15, 0.2) is 0 Å². The molecule has 9 amide bonds. The monoisotopic (exact) mass is 1190 g/mol. The summed E-state index contributed by atoms with van der Waals surface area (Å²) >= 11 is 0. The molecule has 3 aliphatic heterocycles. The summed E-state index contributed by atoms with van der Waals surface area (Å²) in [6, 6.07) is 5.91. The Hall–Kier alpha value is -6.30. The first-order chi connectivity index (χ1) is 40.4. The van der Waals surface area contributed by atoms with Crippen molar-refractivity contribution in [2.45, 2.75) is 194 Å². The van der Waals surface area contributed by atoms with Crippen LogP contribution in [0.3, 0.4) is 0 Å². The van der Waals surface area contributed by atoms with Gasteiger partial charge in [-0.25, -0.2) is 5.06 Å². The third-order valence-electron chi connectivity index (χ3n) is 16.8. The van der Waals surface area contributed by atoms with E-state index in [9.17, 15) is 47.9 Å². The molecule has 1 aromatic rings. The quantitative estimate of drug-likeness (QED) is 0.0325. The van der Waals surface area contributed by atoms with Gasteiger partial charge >= 0.3 is 5.97 Å². The molecule has 23 nitrogen and oxygen atoms in total. The van der Waals surface area contributed by atoms with Gasteiger partial charge in [-0.15, -0.1) is 0 Å². The number of nitrogens with zero attached hydrogens (tertiary/aromatic N) is 5. The maximum atomic E-state index is 14.8. The van der Waals surface area contributed by atoms with Gasteiger partial charge in [0, 0.05) is 72.3 Å². The normalized spacial score (nSPS) is 18.9. The summed E-state index contributed by atoms with van der Waals surface area (Å²) in [6.07, 6.45) is 5.96. The van der Waals surface area contributed by atoms with Crippen LogP contribution in [0.5, 0.6) is 0 Å². The minimum Gasteiger partial charge on any atom is -0.462 e. The number of rotatable bonds is 34. The Morgan fingerprint density at radius 3 is 2.02 bits per heavy atom. The average Bonchev–Trinajstić information content (AvgIpc) is 3.65. The average molecular weight is 1190 g/mol. The van der Waals surface area contributed by atoms with Crippen molar-refractivity contribution < 1.29 is 67.0 Å². The standard InChI is InChI=1S/C62H99N9O14/c1-14-41(6)56(48(82-12)38-52(75)69-34-23-27-47(69)57(83-13)43(8)58(77)63-46(37-45-25-17-15-18-26-45)61(80)71-35-21-22-36-84-71)68(11)62(81)54(39(2)3)64-60(79)55(40(4)5)67(10)32-24-29-53(76)85-44(9)42(7)59(78)66-65-49(72)28-19-16-20-33-70-50(73)30-31-51(70)74/h15,17-18,25-26,30-31,39-44,46-48,54-57H,14,16,19-24,27-29,32-38H2,1-13H3,(H,63,77)(H,64,79)(H,65,72)(H,66,78)/t41-,42-,43+,44+,46-,47-,48+,54-,55-,56-,57+/m0/s1.